The highest BCUT2D eigenvalue weighted by Gasteiger charge is 2.38. The molecule has 1 saturated carbocycles. The number of ether oxygens (including phenoxy) is 1. The van der Waals surface area contributed by atoms with E-state index >= 15 is 0 Å². The van der Waals surface area contributed by atoms with E-state index in [0.717, 1.165) is 24.0 Å². The molecule has 204 valence electrons. The summed E-state index contributed by atoms with van der Waals surface area (Å²) in [5.41, 5.74) is 2.21. The fraction of sp³-hybridized carbons (Fsp3) is 0.464. The first-order valence-corrected chi connectivity index (χ1v) is 14.6. The van der Waals surface area contributed by atoms with Gasteiger partial charge in [-0.15, -0.1) is 0 Å². The molecule has 4 rings (SSSR count). The number of carbonyl (C=O) groups is 3. The van der Waals surface area contributed by atoms with Gasteiger partial charge in [-0.25, -0.2) is 8.42 Å². The average molecular weight is 542 g/mol. The number of benzene rings is 2. The van der Waals surface area contributed by atoms with E-state index in [1.165, 1.54) is 54.8 Å². The molecule has 2 N–H and O–H groups in total. The van der Waals surface area contributed by atoms with Crippen LogP contribution in [0.1, 0.15) is 62.6 Å². The van der Waals surface area contributed by atoms with Gasteiger partial charge >= 0.3 is 5.97 Å². The fourth-order valence-electron chi connectivity index (χ4n) is 5.24. The number of sulfonamides is 1. The van der Waals surface area contributed by atoms with Gasteiger partial charge in [0.15, 0.2) is 6.61 Å². The maximum atomic E-state index is 13.6. The molecule has 1 aliphatic heterocycles. The maximum absolute atomic E-state index is 13.6. The number of hydrogen-bond donors (Lipinski definition) is 2. The number of rotatable bonds is 9. The van der Waals surface area contributed by atoms with Gasteiger partial charge in [-0.3, -0.25) is 14.4 Å². The van der Waals surface area contributed by atoms with Crippen LogP contribution in [0.5, 0.6) is 0 Å². The van der Waals surface area contributed by atoms with Gasteiger partial charge in [0.05, 0.1) is 17.4 Å². The Hall–Kier alpha value is -3.24. The third-order valence-corrected chi connectivity index (χ3v) is 9.10. The number of esters is 1. The Balaban J connectivity index is 1.44. The maximum Gasteiger partial charge on any atom is 0.308 e. The standard InChI is InChI=1S/C28H35N3O6S/c1-20(32)30-23-11-13-24(14-12-23)38(35,36)31-16-15-22-9-5-6-10-25(22)26(31)17-28(34)37-19-27(33)29-18-21-7-3-2-4-8-21/h5-6,9-14,21,26H,2-4,7-8,15-19H2,1H3,(H,29,33)(H,30,32). The Morgan fingerprint density at radius 2 is 1.71 bits per heavy atom. The first-order valence-electron chi connectivity index (χ1n) is 13.1. The SMILES string of the molecule is CC(=O)Nc1ccc(S(=O)(=O)N2CCc3ccccc3C2CC(=O)OCC(=O)NCC2CCCCC2)cc1. The van der Waals surface area contributed by atoms with Crippen LogP contribution in [-0.4, -0.2) is 50.2 Å². The molecule has 2 aliphatic rings. The molecule has 1 fully saturated rings. The zero-order chi connectivity index (χ0) is 27.1. The Morgan fingerprint density at radius 3 is 2.42 bits per heavy atom. The summed E-state index contributed by atoms with van der Waals surface area (Å²) in [6.07, 6.45) is 6.09. The lowest BCUT2D eigenvalue weighted by Gasteiger charge is -2.36. The third-order valence-electron chi connectivity index (χ3n) is 7.18. The smallest absolute Gasteiger partial charge is 0.308 e. The van der Waals surface area contributed by atoms with Crippen LogP contribution >= 0.6 is 0 Å². The zero-order valence-electron chi connectivity index (χ0n) is 21.6. The van der Waals surface area contributed by atoms with Gasteiger partial charge in [0, 0.05) is 25.7 Å². The lowest BCUT2D eigenvalue weighted by Crippen LogP contribution is -2.41. The second-order valence-corrected chi connectivity index (χ2v) is 11.8. The molecule has 2 aromatic rings. The van der Waals surface area contributed by atoms with Crippen molar-refractivity contribution in [3.8, 4) is 0 Å². The van der Waals surface area contributed by atoms with Crippen molar-refractivity contribution in [2.75, 3.05) is 25.0 Å². The minimum atomic E-state index is -3.96. The van der Waals surface area contributed by atoms with E-state index in [0.29, 0.717) is 24.6 Å². The molecule has 10 heteroatoms. The molecule has 0 spiro atoms. The summed E-state index contributed by atoms with van der Waals surface area (Å²) in [4.78, 5) is 36.5. The molecule has 0 radical (unpaired) electrons. The van der Waals surface area contributed by atoms with Crippen molar-refractivity contribution in [2.45, 2.75) is 62.8 Å². The summed E-state index contributed by atoms with van der Waals surface area (Å²) in [5, 5.41) is 5.47. The topological polar surface area (TPSA) is 122 Å². The molecule has 2 amide bonds. The minimum Gasteiger partial charge on any atom is -0.456 e. The number of amides is 2. The van der Waals surface area contributed by atoms with Crippen molar-refractivity contribution < 1.29 is 27.5 Å². The van der Waals surface area contributed by atoms with Gasteiger partial charge in [-0.2, -0.15) is 4.31 Å². The largest absolute Gasteiger partial charge is 0.456 e. The van der Waals surface area contributed by atoms with Gasteiger partial charge in [-0.1, -0.05) is 43.5 Å². The highest BCUT2D eigenvalue weighted by Crippen LogP contribution is 2.36. The highest BCUT2D eigenvalue weighted by atomic mass is 32.2. The lowest BCUT2D eigenvalue weighted by molar-refractivity contribution is -0.149. The summed E-state index contributed by atoms with van der Waals surface area (Å²) in [6, 6.07) is 12.6. The van der Waals surface area contributed by atoms with Crippen molar-refractivity contribution in [3.63, 3.8) is 0 Å². The normalized spacial score (nSPS) is 18.3. The number of fused-ring (bicyclic) bond motifs is 1. The van der Waals surface area contributed by atoms with E-state index in [4.69, 9.17) is 4.74 Å². The zero-order valence-corrected chi connectivity index (χ0v) is 22.5. The molecule has 1 atom stereocenters. The van der Waals surface area contributed by atoms with Crippen molar-refractivity contribution >= 4 is 33.5 Å². The molecule has 1 heterocycles. The molecule has 0 aromatic heterocycles. The van der Waals surface area contributed by atoms with E-state index in [-0.39, 0.29) is 29.7 Å². The van der Waals surface area contributed by atoms with E-state index < -0.39 is 28.6 Å². The summed E-state index contributed by atoms with van der Waals surface area (Å²) in [6.45, 7) is 1.77. The number of carbonyl (C=O) groups excluding carboxylic acids is 3. The summed E-state index contributed by atoms with van der Waals surface area (Å²) in [7, 11) is -3.96. The van der Waals surface area contributed by atoms with Crippen LogP contribution in [-0.2, 0) is 35.6 Å². The first kappa shape index (κ1) is 27.8. The Morgan fingerprint density at radius 1 is 1.00 bits per heavy atom. The molecule has 1 unspecified atom stereocenters. The van der Waals surface area contributed by atoms with Crippen molar-refractivity contribution in [2.24, 2.45) is 5.92 Å². The number of nitrogens with zero attached hydrogens (tertiary/aromatic N) is 1. The van der Waals surface area contributed by atoms with Gasteiger partial charge in [0.2, 0.25) is 15.9 Å². The second-order valence-electron chi connectivity index (χ2n) is 9.96. The van der Waals surface area contributed by atoms with Crippen LogP contribution in [0.3, 0.4) is 0 Å². The van der Waals surface area contributed by atoms with E-state index in [9.17, 15) is 22.8 Å². The van der Waals surface area contributed by atoms with Crippen LogP contribution in [0.15, 0.2) is 53.4 Å². The Bertz CT molecular complexity index is 1260. The number of nitrogens with one attached hydrogen (secondary N) is 2. The summed E-state index contributed by atoms with van der Waals surface area (Å²) in [5.74, 6) is -0.778. The van der Waals surface area contributed by atoms with Crippen LogP contribution in [0.2, 0.25) is 0 Å². The van der Waals surface area contributed by atoms with Crippen LogP contribution < -0.4 is 10.6 Å². The van der Waals surface area contributed by atoms with Crippen molar-refractivity contribution in [1.29, 1.82) is 0 Å². The van der Waals surface area contributed by atoms with Gasteiger partial charge in [0.25, 0.3) is 5.91 Å². The summed E-state index contributed by atoms with van der Waals surface area (Å²) >= 11 is 0. The molecule has 9 nitrogen and oxygen atoms in total. The number of hydrogen-bond acceptors (Lipinski definition) is 6. The molecule has 2 aromatic carbocycles. The van der Waals surface area contributed by atoms with Crippen molar-refractivity contribution in [3.05, 3.63) is 59.7 Å². The van der Waals surface area contributed by atoms with E-state index in [2.05, 4.69) is 10.6 Å². The van der Waals surface area contributed by atoms with Gasteiger partial charge in [-0.05, 0) is 60.6 Å². The van der Waals surface area contributed by atoms with Crippen LogP contribution in [0, 0.1) is 5.92 Å². The van der Waals surface area contributed by atoms with Crippen molar-refractivity contribution in [1.82, 2.24) is 9.62 Å². The molecule has 38 heavy (non-hydrogen) atoms. The average Bonchev–Trinajstić information content (AvgIpc) is 2.91. The Kier molecular flexibility index (Phi) is 9.17. The molecular formula is C28H35N3O6S. The number of anilines is 1. The predicted molar refractivity (Wildman–Crippen MR) is 143 cm³/mol. The third kappa shape index (κ3) is 6.99. The molecular weight excluding hydrogens is 506 g/mol. The van der Waals surface area contributed by atoms with E-state index in [1.807, 2.05) is 24.3 Å². The van der Waals surface area contributed by atoms with Crippen LogP contribution in [0.25, 0.3) is 0 Å². The molecule has 0 bridgehead atoms. The van der Waals surface area contributed by atoms with Crippen LogP contribution in [0.4, 0.5) is 5.69 Å². The van der Waals surface area contributed by atoms with Gasteiger partial charge in [0.1, 0.15) is 0 Å². The quantitative estimate of drug-likeness (QED) is 0.468. The fourth-order valence-corrected chi connectivity index (χ4v) is 6.85. The first-order chi connectivity index (χ1) is 18.2. The molecule has 0 saturated heterocycles. The highest BCUT2D eigenvalue weighted by molar-refractivity contribution is 7.89. The van der Waals surface area contributed by atoms with E-state index in [1.54, 1.807) is 0 Å². The second kappa shape index (κ2) is 12.5. The summed E-state index contributed by atoms with van der Waals surface area (Å²) < 4.78 is 33.9. The van der Waals surface area contributed by atoms with Gasteiger partial charge < -0.3 is 15.4 Å². The molecule has 1 aliphatic carbocycles. The Labute approximate surface area is 224 Å². The monoisotopic (exact) mass is 541 g/mol. The lowest BCUT2D eigenvalue weighted by atomic mass is 9.89. The predicted octanol–water partition coefficient (Wildman–Crippen LogP) is 3.56. The minimum absolute atomic E-state index is 0.0615.